The quantitative estimate of drug-likeness (QED) is 0.369. The molecule has 0 spiro atoms. The molecule has 0 atom stereocenters. The third-order valence-corrected chi connectivity index (χ3v) is 6.31. The van der Waals surface area contributed by atoms with Gasteiger partial charge in [0.15, 0.2) is 5.82 Å². The van der Waals surface area contributed by atoms with Crippen LogP contribution in [0.25, 0.3) is 22.2 Å². The number of fused-ring (bicyclic) bond motifs is 1. The Hall–Kier alpha value is -3.43. The zero-order valence-corrected chi connectivity index (χ0v) is 19.6. The molecule has 4 aromatic rings. The van der Waals surface area contributed by atoms with E-state index in [9.17, 15) is 0 Å². The lowest BCUT2D eigenvalue weighted by Crippen LogP contribution is -2.48. The number of rotatable bonds is 10. The van der Waals surface area contributed by atoms with E-state index in [2.05, 4.69) is 50.8 Å². The van der Waals surface area contributed by atoms with E-state index in [1.807, 2.05) is 47.7 Å². The molecule has 0 unspecified atom stereocenters. The van der Waals surface area contributed by atoms with Crippen LogP contribution in [0.1, 0.15) is 38.2 Å². The third-order valence-electron chi connectivity index (χ3n) is 6.31. The van der Waals surface area contributed by atoms with Crippen molar-refractivity contribution >= 4 is 22.7 Å². The Balaban J connectivity index is 1.30. The summed E-state index contributed by atoms with van der Waals surface area (Å²) in [5, 5.41) is 19.4. The molecule has 5 rings (SSSR count). The minimum absolute atomic E-state index is 0.335. The summed E-state index contributed by atoms with van der Waals surface area (Å²) < 4.78 is 7.69. The summed E-state index contributed by atoms with van der Waals surface area (Å²) in [5.74, 6) is 1.89. The molecule has 0 aromatic carbocycles. The van der Waals surface area contributed by atoms with E-state index in [1.54, 1.807) is 0 Å². The maximum Gasteiger partial charge on any atom is 0.154 e. The van der Waals surface area contributed by atoms with E-state index in [4.69, 9.17) is 9.72 Å². The smallest absolute Gasteiger partial charge is 0.154 e. The first-order chi connectivity index (χ1) is 16.7. The SMILES string of the molecule is CCC(CC)c1cnnc(Nc2ccc3ncc(-c4cnn(CCOC5CNC5)c4)cc3n2)c1. The van der Waals surface area contributed by atoms with E-state index in [1.165, 1.54) is 5.56 Å². The minimum atomic E-state index is 0.335. The van der Waals surface area contributed by atoms with Crippen molar-refractivity contribution < 1.29 is 4.74 Å². The van der Waals surface area contributed by atoms with Crippen molar-refractivity contribution in [2.24, 2.45) is 0 Å². The van der Waals surface area contributed by atoms with Crippen LogP contribution < -0.4 is 10.6 Å². The fourth-order valence-electron chi connectivity index (χ4n) is 4.12. The van der Waals surface area contributed by atoms with Crippen molar-refractivity contribution in [1.82, 2.24) is 35.3 Å². The molecule has 4 aromatic heterocycles. The molecular formula is C25H30N8O. The average molecular weight is 459 g/mol. The predicted octanol–water partition coefficient (Wildman–Crippen LogP) is 3.92. The molecule has 0 amide bonds. The first kappa shape index (κ1) is 22.4. The second-order valence-corrected chi connectivity index (χ2v) is 8.61. The van der Waals surface area contributed by atoms with Crippen LogP contribution in [-0.2, 0) is 11.3 Å². The molecule has 9 heteroatoms. The average Bonchev–Trinajstić information content (AvgIpc) is 3.30. The standard InChI is InChI=1S/C25H30N8O/c1-3-17(4-2)19-10-25(32-28-12-19)31-24-6-5-22-23(30-24)9-18(11-27-22)20-13-29-33(16-20)7-8-34-21-14-26-15-21/h5-6,9-13,16-17,21,26H,3-4,7-8,14-15H2,1-2H3,(H,30,31,32). The molecule has 1 aliphatic rings. The number of hydrogen-bond acceptors (Lipinski definition) is 8. The summed E-state index contributed by atoms with van der Waals surface area (Å²) in [6.07, 6.45) is 10.1. The number of pyridine rings is 2. The van der Waals surface area contributed by atoms with Crippen LogP contribution in [0.5, 0.6) is 0 Å². The van der Waals surface area contributed by atoms with Crippen molar-refractivity contribution in [2.75, 3.05) is 25.0 Å². The summed E-state index contributed by atoms with van der Waals surface area (Å²) in [6, 6.07) is 7.97. The highest BCUT2D eigenvalue weighted by molar-refractivity contribution is 5.81. The number of nitrogens with one attached hydrogen (secondary N) is 2. The van der Waals surface area contributed by atoms with Crippen LogP contribution in [0.15, 0.2) is 49.1 Å². The van der Waals surface area contributed by atoms with Crippen molar-refractivity contribution in [3.8, 4) is 11.1 Å². The normalized spacial score (nSPS) is 14.0. The molecule has 1 fully saturated rings. The predicted molar refractivity (Wildman–Crippen MR) is 132 cm³/mol. The monoisotopic (exact) mass is 458 g/mol. The van der Waals surface area contributed by atoms with Gasteiger partial charge in [-0.15, -0.1) is 5.10 Å². The van der Waals surface area contributed by atoms with Gasteiger partial charge < -0.3 is 15.4 Å². The molecule has 9 nitrogen and oxygen atoms in total. The van der Waals surface area contributed by atoms with Crippen LogP contribution in [0.3, 0.4) is 0 Å². The van der Waals surface area contributed by atoms with Crippen molar-refractivity contribution in [1.29, 1.82) is 0 Å². The highest BCUT2D eigenvalue weighted by atomic mass is 16.5. The number of anilines is 2. The van der Waals surface area contributed by atoms with Gasteiger partial charge in [0.2, 0.25) is 0 Å². The summed E-state index contributed by atoms with van der Waals surface area (Å²) in [4.78, 5) is 9.36. The molecule has 5 heterocycles. The Morgan fingerprint density at radius 2 is 1.94 bits per heavy atom. The summed E-state index contributed by atoms with van der Waals surface area (Å²) >= 11 is 0. The van der Waals surface area contributed by atoms with Gasteiger partial charge in [0.25, 0.3) is 0 Å². The van der Waals surface area contributed by atoms with Gasteiger partial charge in [-0.3, -0.25) is 9.67 Å². The van der Waals surface area contributed by atoms with Crippen LogP contribution in [0, 0.1) is 0 Å². The second kappa shape index (κ2) is 10.2. The number of hydrogen-bond donors (Lipinski definition) is 2. The van der Waals surface area contributed by atoms with Gasteiger partial charge >= 0.3 is 0 Å². The Morgan fingerprint density at radius 3 is 2.74 bits per heavy atom. The van der Waals surface area contributed by atoms with Crippen LogP contribution in [0.4, 0.5) is 11.6 Å². The fraction of sp³-hybridized carbons (Fsp3) is 0.400. The van der Waals surface area contributed by atoms with E-state index in [0.29, 0.717) is 30.3 Å². The molecule has 176 valence electrons. The van der Waals surface area contributed by atoms with Gasteiger partial charge in [-0.05, 0) is 48.6 Å². The first-order valence-electron chi connectivity index (χ1n) is 11.9. The zero-order chi connectivity index (χ0) is 23.3. The molecule has 0 saturated carbocycles. The highest BCUT2D eigenvalue weighted by Crippen LogP contribution is 2.26. The van der Waals surface area contributed by atoms with Crippen molar-refractivity contribution in [3.05, 3.63) is 54.6 Å². The van der Waals surface area contributed by atoms with Gasteiger partial charge in [-0.2, -0.15) is 10.2 Å². The van der Waals surface area contributed by atoms with Gasteiger partial charge in [-0.25, -0.2) is 4.98 Å². The summed E-state index contributed by atoms with van der Waals surface area (Å²) in [6.45, 7) is 7.64. The Kier molecular flexibility index (Phi) is 6.73. The lowest BCUT2D eigenvalue weighted by molar-refractivity contribution is 0.0137. The van der Waals surface area contributed by atoms with E-state index >= 15 is 0 Å². The molecule has 1 aliphatic heterocycles. The van der Waals surface area contributed by atoms with Crippen LogP contribution in [-0.4, -0.2) is 55.7 Å². The molecule has 0 radical (unpaired) electrons. The van der Waals surface area contributed by atoms with Crippen molar-refractivity contribution in [3.63, 3.8) is 0 Å². The number of aromatic nitrogens is 6. The lowest BCUT2D eigenvalue weighted by Gasteiger charge is -2.26. The topological polar surface area (TPSA) is 103 Å². The maximum absolute atomic E-state index is 5.79. The Labute approximate surface area is 199 Å². The fourth-order valence-corrected chi connectivity index (χ4v) is 4.12. The van der Waals surface area contributed by atoms with Gasteiger partial charge in [0.1, 0.15) is 5.82 Å². The zero-order valence-electron chi connectivity index (χ0n) is 19.6. The first-order valence-corrected chi connectivity index (χ1v) is 11.9. The third kappa shape index (κ3) is 5.05. The minimum Gasteiger partial charge on any atom is -0.374 e. The highest BCUT2D eigenvalue weighted by Gasteiger charge is 2.16. The molecular weight excluding hydrogens is 428 g/mol. The van der Waals surface area contributed by atoms with E-state index in [-0.39, 0.29) is 0 Å². The van der Waals surface area contributed by atoms with Gasteiger partial charge in [0.05, 0.1) is 42.7 Å². The van der Waals surface area contributed by atoms with Crippen LogP contribution >= 0.6 is 0 Å². The molecule has 0 bridgehead atoms. The number of nitrogens with zero attached hydrogens (tertiary/aromatic N) is 6. The second-order valence-electron chi connectivity index (χ2n) is 8.61. The summed E-state index contributed by atoms with van der Waals surface area (Å²) in [5.41, 5.74) is 4.81. The van der Waals surface area contributed by atoms with E-state index in [0.717, 1.165) is 54.6 Å². The lowest BCUT2D eigenvalue weighted by atomic mass is 9.96. The Bertz CT molecular complexity index is 1250. The molecule has 2 N–H and O–H groups in total. The summed E-state index contributed by atoms with van der Waals surface area (Å²) in [7, 11) is 0. The Morgan fingerprint density at radius 1 is 1.06 bits per heavy atom. The van der Waals surface area contributed by atoms with E-state index < -0.39 is 0 Å². The van der Waals surface area contributed by atoms with Gasteiger partial charge in [-0.1, -0.05) is 13.8 Å². The van der Waals surface area contributed by atoms with Gasteiger partial charge in [0, 0.05) is 36.6 Å². The molecule has 1 saturated heterocycles. The maximum atomic E-state index is 5.79. The molecule has 34 heavy (non-hydrogen) atoms. The van der Waals surface area contributed by atoms with Crippen LogP contribution in [0.2, 0.25) is 0 Å². The van der Waals surface area contributed by atoms with Crippen molar-refractivity contribution in [2.45, 2.75) is 45.3 Å². The molecule has 0 aliphatic carbocycles. The number of ether oxygens (including phenoxy) is 1. The largest absolute Gasteiger partial charge is 0.374 e.